The monoisotopic (exact) mass is 441 g/mol. The van der Waals surface area contributed by atoms with Crippen molar-refractivity contribution in [2.75, 3.05) is 12.0 Å². The molecule has 7 nitrogen and oxygen atoms in total. The van der Waals surface area contributed by atoms with Crippen LogP contribution in [0.4, 0.5) is 5.82 Å². The molecule has 0 spiro atoms. The molecular formula is C26H23N3O4. The summed E-state index contributed by atoms with van der Waals surface area (Å²) in [5, 5.41) is 0. The molecule has 4 aromatic rings. The van der Waals surface area contributed by atoms with Gasteiger partial charge in [-0.1, -0.05) is 66.7 Å². The lowest BCUT2D eigenvalue weighted by Crippen LogP contribution is -2.45. The third-order valence-electron chi connectivity index (χ3n) is 5.46. The molecule has 0 aliphatic rings. The summed E-state index contributed by atoms with van der Waals surface area (Å²) in [5.41, 5.74) is 1.58. The number of hydrogen-bond donors (Lipinski definition) is 0. The predicted molar refractivity (Wildman–Crippen MR) is 125 cm³/mol. The number of carbonyl (C=O) groups is 2. The van der Waals surface area contributed by atoms with Gasteiger partial charge in [0.15, 0.2) is 6.29 Å². The van der Waals surface area contributed by atoms with Crippen molar-refractivity contribution < 1.29 is 14.3 Å². The largest absolute Gasteiger partial charge is 0.467 e. The minimum Gasteiger partial charge on any atom is -0.467 e. The van der Waals surface area contributed by atoms with Crippen molar-refractivity contribution in [3.63, 3.8) is 0 Å². The van der Waals surface area contributed by atoms with Gasteiger partial charge in [0.1, 0.15) is 23.1 Å². The SMILES string of the molecule is COC(=O)[C@H](Cc1ccccc1)N(Cc1ccccc1)c1nc2ccccn2c(=O)c1C=O. The van der Waals surface area contributed by atoms with E-state index in [4.69, 9.17) is 4.74 Å². The van der Waals surface area contributed by atoms with Gasteiger partial charge in [0.05, 0.1) is 7.11 Å². The third kappa shape index (κ3) is 4.67. The lowest BCUT2D eigenvalue weighted by molar-refractivity contribution is -0.142. The fourth-order valence-corrected chi connectivity index (χ4v) is 3.82. The molecule has 33 heavy (non-hydrogen) atoms. The van der Waals surface area contributed by atoms with Crippen LogP contribution in [-0.4, -0.2) is 34.8 Å². The van der Waals surface area contributed by atoms with Crippen LogP contribution in [0.1, 0.15) is 21.5 Å². The van der Waals surface area contributed by atoms with E-state index in [0.717, 1.165) is 11.1 Å². The van der Waals surface area contributed by atoms with E-state index < -0.39 is 17.6 Å². The van der Waals surface area contributed by atoms with E-state index in [0.29, 0.717) is 18.4 Å². The second kappa shape index (κ2) is 9.91. The van der Waals surface area contributed by atoms with Crippen LogP contribution in [0.3, 0.4) is 0 Å². The maximum atomic E-state index is 13.1. The zero-order valence-electron chi connectivity index (χ0n) is 18.1. The van der Waals surface area contributed by atoms with E-state index in [-0.39, 0.29) is 17.9 Å². The molecule has 166 valence electrons. The topological polar surface area (TPSA) is 81.0 Å². The highest BCUT2D eigenvalue weighted by atomic mass is 16.5. The van der Waals surface area contributed by atoms with Crippen LogP contribution in [-0.2, 0) is 22.5 Å². The quantitative estimate of drug-likeness (QED) is 0.308. The number of aldehydes is 1. The highest BCUT2D eigenvalue weighted by Crippen LogP contribution is 2.24. The molecule has 2 aromatic carbocycles. The average molecular weight is 441 g/mol. The number of rotatable bonds is 8. The van der Waals surface area contributed by atoms with Gasteiger partial charge in [0.2, 0.25) is 0 Å². The number of fused-ring (bicyclic) bond motifs is 1. The van der Waals surface area contributed by atoms with Gasteiger partial charge in [0.25, 0.3) is 5.56 Å². The molecule has 0 radical (unpaired) electrons. The maximum Gasteiger partial charge on any atom is 0.328 e. The predicted octanol–water partition coefficient (Wildman–Crippen LogP) is 3.30. The second-order valence-corrected chi connectivity index (χ2v) is 7.54. The Labute approximate surface area is 190 Å². The standard InChI is InChI=1S/C26H23N3O4/c1-33-26(32)22(16-19-10-4-2-5-11-19)29(17-20-12-6-3-7-13-20)24-21(18-30)25(31)28-15-9-8-14-23(28)27-24/h2-15,18,22H,16-17H2,1H3/t22-/m0/s1. The van der Waals surface area contributed by atoms with Crippen LogP contribution < -0.4 is 10.5 Å². The van der Waals surface area contributed by atoms with E-state index in [2.05, 4.69) is 4.98 Å². The summed E-state index contributed by atoms with van der Waals surface area (Å²) in [4.78, 5) is 44.5. The van der Waals surface area contributed by atoms with E-state index in [1.54, 1.807) is 29.3 Å². The van der Waals surface area contributed by atoms with Gasteiger partial charge < -0.3 is 9.64 Å². The number of carbonyl (C=O) groups excluding carboxylic acids is 2. The fourth-order valence-electron chi connectivity index (χ4n) is 3.82. The van der Waals surface area contributed by atoms with Crippen molar-refractivity contribution in [3.05, 3.63) is 112 Å². The van der Waals surface area contributed by atoms with Crippen molar-refractivity contribution >= 4 is 23.7 Å². The molecule has 0 aliphatic heterocycles. The normalized spacial score (nSPS) is 11.7. The first-order valence-corrected chi connectivity index (χ1v) is 10.5. The van der Waals surface area contributed by atoms with Crippen molar-refractivity contribution in [1.82, 2.24) is 9.38 Å². The zero-order chi connectivity index (χ0) is 23.2. The first kappa shape index (κ1) is 22.0. The molecule has 1 atom stereocenters. The summed E-state index contributed by atoms with van der Waals surface area (Å²) in [7, 11) is 1.32. The van der Waals surface area contributed by atoms with Gasteiger partial charge in [-0.2, -0.15) is 0 Å². The summed E-state index contributed by atoms with van der Waals surface area (Å²) < 4.78 is 6.45. The number of nitrogens with zero attached hydrogens (tertiary/aromatic N) is 3. The molecule has 2 aromatic heterocycles. The minimum atomic E-state index is -0.811. The first-order chi connectivity index (χ1) is 16.1. The van der Waals surface area contributed by atoms with Crippen LogP contribution in [0.2, 0.25) is 0 Å². The molecular weight excluding hydrogens is 418 g/mol. The molecule has 0 aliphatic carbocycles. The number of aromatic nitrogens is 2. The maximum absolute atomic E-state index is 13.1. The van der Waals surface area contributed by atoms with Crippen LogP contribution in [0.5, 0.6) is 0 Å². The zero-order valence-corrected chi connectivity index (χ0v) is 18.1. The Kier molecular flexibility index (Phi) is 6.59. The van der Waals surface area contributed by atoms with Crippen LogP contribution >= 0.6 is 0 Å². The van der Waals surface area contributed by atoms with Crippen LogP contribution in [0.25, 0.3) is 5.65 Å². The summed E-state index contributed by atoms with van der Waals surface area (Å²) in [6, 6.07) is 23.3. The summed E-state index contributed by atoms with van der Waals surface area (Å²) in [5.74, 6) is -0.335. The fraction of sp³-hybridized carbons (Fsp3) is 0.154. The Morgan fingerprint density at radius 3 is 2.27 bits per heavy atom. The number of pyridine rings is 1. The molecule has 2 heterocycles. The van der Waals surface area contributed by atoms with Crippen LogP contribution in [0, 0.1) is 0 Å². The second-order valence-electron chi connectivity index (χ2n) is 7.54. The highest BCUT2D eigenvalue weighted by Gasteiger charge is 2.31. The molecule has 0 N–H and O–H groups in total. The van der Waals surface area contributed by atoms with E-state index in [1.807, 2.05) is 60.7 Å². The molecule has 0 bridgehead atoms. The Morgan fingerprint density at radius 2 is 1.64 bits per heavy atom. The van der Waals surface area contributed by atoms with Gasteiger partial charge >= 0.3 is 5.97 Å². The summed E-state index contributed by atoms with van der Waals surface area (Å²) >= 11 is 0. The molecule has 7 heteroatoms. The molecule has 0 unspecified atom stereocenters. The van der Waals surface area contributed by atoms with Gasteiger partial charge in [-0.15, -0.1) is 0 Å². The molecule has 0 saturated heterocycles. The number of esters is 1. The summed E-state index contributed by atoms with van der Waals surface area (Å²) in [6.07, 6.45) is 2.37. The number of anilines is 1. The Balaban J connectivity index is 1.91. The van der Waals surface area contributed by atoms with Gasteiger partial charge in [0, 0.05) is 19.2 Å². The smallest absolute Gasteiger partial charge is 0.328 e. The van der Waals surface area contributed by atoms with E-state index >= 15 is 0 Å². The van der Waals surface area contributed by atoms with Crippen LogP contribution in [0.15, 0.2) is 89.9 Å². The molecule has 4 rings (SSSR count). The average Bonchev–Trinajstić information content (AvgIpc) is 2.87. The number of ether oxygens (including phenoxy) is 1. The Bertz CT molecular complexity index is 1320. The Morgan fingerprint density at radius 1 is 1.00 bits per heavy atom. The molecule has 0 saturated carbocycles. The highest BCUT2D eigenvalue weighted by molar-refractivity contribution is 5.87. The number of benzene rings is 2. The number of methoxy groups -OCH3 is 1. The lowest BCUT2D eigenvalue weighted by Gasteiger charge is -2.32. The number of hydrogen-bond acceptors (Lipinski definition) is 6. The minimum absolute atomic E-state index is 0.114. The van der Waals surface area contributed by atoms with E-state index in [1.165, 1.54) is 11.5 Å². The van der Waals surface area contributed by atoms with Gasteiger partial charge in [-0.3, -0.25) is 14.0 Å². The van der Waals surface area contributed by atoms with Crippen molar-refractivity contribution in [2.45, 2.75) is 19.0 Å². The van der Waals surface area contributed by atoms with Gasteiger partial charge in [-0.25, -0.2) is 9.78 Å². The first-order valence-electron chi connectivity index (χ1n) is 10.5. The third-order valence-corrected chi connectivity index (χ3v) is 5.46. The van der Waals surface area contributed by atoms with E-state index in [9.17, 15) is 14.4 Å². The van der Waals surface area contributed by atoms with Crippen molar-refractivity contribution in [2.24, 2.45) is 0 Å². The molecule has 0 fully saturated rings. The van der Waals surface area contributed by atoms with Crippen molar-refractivity contribution in [3.8, 4) is 0 Å². The van der Waals surface area contributed by atoms with Gasteiger partial charge in [-0.05, 0) is 23.3 Å². The van der Waals surface area contributed by atoms with Crippen molar-refractivity contribution in [1.29, 1.82) is 0 Å². The summed E-state index contributed by atoms with van der Waals surface area (Å²) in [6.45, 7) is 0.254. The Hall–Kier alpha value is -4.26. The lowest BCUT2D eigenvalue weighted by atomic mass is 10.0. The molecule has 0 amide bonds.